The van der Waals surface area contributed by atoms with Gasteiger partial charge in [-0.15, -0.1) is 0 Å². The number of carbonyl (C=O) groups is 2. The van der Waals surface area contributed by atoms with Crippen molar-refractivity contribution in [2.75, 3.05) is 18.6 Å². The minimum atomic E-state index is -0.643. The number of thioether (sulfide) groups is 1. The van der Waals surface area contributed by atoms with Crippen LogP contribution in [0.15, 0.2) is 18.2 Å². The molecule has 2 atom stereocenters. The van der Waals surface area contributed by atoms with Gasteiger partial charge in [0, 0.05) is 17.6 Å². The van der Waals surface area contributed by atoms with Crippen LogP contribution in [0.4, 0.5) is 0 Å². The van der Waals surface area contributed by atoms with E-state index in [1.807, 2.05) is 6.26 Å². The molecule has 1 unspecified atom stereocenters. The van der Waals surface area contributed by atoms with Gasteiger partial charge >= 0.3 is 0 Å². The molecule has 128 valence electrons. The average Bonchev–Trinajstić information content (AvgIpc) is 2.50. The van der Waals surface area contributed by atoms with Gasteiger partial charge in [0.2, 0.25) is 5.91 Å². The number of carbonyl (C=O) groups excluding carboxylic acids is 2. The molecule has 8 heteroatoms. The number of benzene rings is 1. The minimum absolute atomic E-state index is 0.157. The maximum Gasteiger partial charge on any atom is 0.253 e. The predicted octanol–water partition coefficient (Wildman–Crippen LogP) is 2.31. The molecule has 0 aromatic heterocycles. The van der Waals surface area contributed by atoms with Gasteiger partial charge in [-0.05, 0) is 43.6 Å². The van der Waals surface area contributed by atoms with Gasteiger partial charge < -0.3 is 16.4 Å². The monoisotopic (exact) mass is 377 g/mol. The molecule has 5 nitrogen and oxygen atoms in total. The summed E-state index contributed by atoms with van der Waals surface area (Å²) in [5.74, 6) is 0.0766. The number of amides is 2. The zero-order valence-electron chi connectivity index (χ0n) is 13.1. The molecule has 0 aliphatic heterocycles. The Morgan fingerprint density at radius 1 is 1.30 bits per heavy atom. The van der Waals surface area contributed by atoms with Crippen LogP contribution in [0.2, 0.25) is 10.0 Å². The lowest BCUT2D eigenvalue weighted by Gasteiger charge is -2.21. The molecular formula is C15H21Cl2N3O2S. The molecular weight excluding hydrogens is 357 g/mol. The van der Waals surface area contributed by atoms with E-state index in [1.54, 1.807) is 24.8 Å². The summed E-state index contributed by atoms with van der Waals surface area (Å²) in [5, 5.41) is 6.19. The fourth-order valence-electron chi connectivity index (χ4n) is 1.82. The highest BCUT2D eigenvalue weighted by Gasteiger charge is 2.23. The maximum atomic E-state index is 12.4. The van der Waals surface area contributed by atoms with E-state index in [1.165, 1.54) is 12.1 Å². The van der Waals surface area contributed by atoms with Gasteiger partial charge in [-0.1, -0.05) is 23.2 Å². The van der Waals surface area contributed by atoms with Crippen LogP contribution in [0.3, 0.4) is 0 Å². The van der Waals surface area contributed by atoms with E-state index in [0.717, 1.165) is 5.75 Å². The van der Waals surface area contributed by atoms with Gasteiger partial charge in [-0.25, -0.2) is 0 Å². The van der Waals surface area contributed by atoms with Crippen LogP contribution in [0.1, 0.15) is 23.7 Å². The number of nitrogens with two attached hydrogens (primary N) is 1. The fraction of sp³-hybridized carbons (Fsp3) is 0.467. The Kier molecular flexibility index (Phi) is 8.76. The Morgan fingerprint density at radius 3 is 2.57 bits per heavy atom. The molecule has 1 aromatic carbocycles. The third kappa shape index (κ3) is 6.59. The van der Waals surface area contributed by atoms with Crippen molar-refractivity contribution in [1.29, 1.82) is 0 Å². The second-order valence-electron chi connectivity index (χ2n) is 5.08. The van der Waals surface area contributed by atoms with Crippen molar-refractivity contribution in [3.05, 3.63) is 33.8 Å². The highest BCUT2D eigenvalue weighted by molar-refractivity contribution is 7.98. The lowest BCUT2D eigenvalue weighted by molar-refractivity contribution is -0.123. The highest BCUT2D eigenvalue weighted by Crippen LogP contribution is 2.21. The first kappa shape index (κ1) is 20.1. The molecule has 2 amide bonds. The molecule has 0 radical (unpaired) electrons. The van der Waals surface area contributed by atoms with Crippen LogP contribution in [0.5, 0.6) is 0 Å². The summed E-state index contributed by atoms with van der Waals surface area (Å²) >= 11 is 13.5. The van der Waals surface area contributed by atoms with Gasteiger partial charge in [0.1, 0.15) is 6.04 Å². The third-order valence-electron chi connectivity index (χ3n) is 3.15. The first-order valence-corrected chi connectivity index (χ1v) is 9.29. The van der Waals surface area contributed by atoms with Crippen LogP contribution >= 0.6 is 35.0 Å². The van der Waals surface area contributed by atoms with Gasteiger partial charge in [0.05, 0.1) is 10.6 Å². The lowest BCUT2D eigenvalue weighted by Crippen LogP contribution is -2.50. The summed E-state index contributed by atoms with van der Waals surface area (Å²) in [6, 6.07) is 3.80. The van der Waals surface area contributed by atoms with Crippen molar-refractivity contribution in [1.82, 2.24) is 10.6 Å². The Morgan fingerprint density at radius 2 is 2.00 bits per heavy atom. The molecule has 0 aliphatic carbocycles. The molecule has 1 rings (SSSR count). The summed E-state index contributed by atoms with van der Waals surface area (Å²) in [4.78, 5) is 24.6. The Labute approximate surface area is 150 Å². The lowest BCUT2D eigenvalue weighted by atomic mass is 10.1. The van der Waals surface area contributed by atoms with E-state index >= 15 is 0 Å². The zero-order chi connectivity index (χ0) is 17.4. The van der Waals surface area contributed by atoms with Crippen molar-refractivity contribution in [2.45, 2.75) is 25.4 Å². The van der Waals surface area contributed by atoms with Crippen LogP contribution in [-0.4, -0.2) is 42.5 Å². The molecule has 1 aromatic rings. The minimum Gasteiger partial charge on any atom is -0.351 e. The number of rotatable bonds is 8. The molecule has 4 N–H and O–H groups in total. The molecule has 0 heterocycles. The van der Waals surface area contributed by atoms with Gasteiger partial charge in [0.25, 0.3) is 5.91 Å². The predicted molar refractivity (Wildman–Crippen MR) is 97.4 cm³/mol. The molecule has 0 bridgehead atoms. The first-order chi connectivity index (χ1) is 10.9. The van der Waals surface area contributed by atoms with Crippen molar-refractivity contribution >= 4 is 46.8 Å². The summed E-state index contributed by atoms with van der Waals surface area (Å²) < 4.78 is 0. The van der Waals surface area contributed by atoms with Crippen LogP contribution < -0.4 is 16.4 Å². The molecule has 0 saturated heterocycles. The Bertz CT molecular complexity index is 558. The SMILES string of the molecule is CSCCC(NC(=O)c1ccc(Cl)cc1Cl)C(=O)N[C@@H](C)CN. The topological polar surface area (TPSA) is 84.2 Å². The van der Waals surface area contributed by atoms with E-state index < -0.39 is 11.9 Å². The number of hydrogen-bond acceptors (Lipinski definition) is 4. The van der Waals surface area contributed by atoms with Crippen molar-refractivity contribution < 1.29 is 9.59 Å². The molecule has 0 saturated carbocycles. The quantitative estimate of drug-likeness (QED) is 0.648. The van der Waals surface area contributed by atoms with Crippen LogP contribution in [0.25, 0.3) is 0 Å². The summed E-state index contributed by atoms with van der Waals surface area (Å²) in [6.45, 7) is 2.14. The number of halogens is 2. The zero-order valence-corrected chi connectivity index (χ0v) is 15.4. The molecule has 23 heavy (non-hydrogen) atoms. The van der Waals surface area contributed by atoms with Crippen molar-refractivity contribution in [2.24, 2.45) is 5.73 Å². The van der Waals surface area contributed by atoms with Gasteiger partial charge in [-0.3, -0.25) is 9.59 Å². The van der Waals surface area contributed by atoms with Gasteiger partial charge in [-0.2, -0.15) is 11.8 Å². The van der Waals surface area contributed by atoms with Crippen LogP contribution in [0, 0.1) is 0 Å². The standard InChI is InChI=1S/C15H21Cl2N3O2S/c1-9(8-18)19-15(22)13(5-6-23-2)20-14(21)11-4-3-10(16)7-12(11)17/h3-4,7,9,13H,5-6,8,18H2,1-2H3,(H,19,22)(H,20,21)/t9-,13?/m0/s1. The normalized spacial score (nSPS) is 13.3. The smallest absolute Gasteiger partial charge is 0.253 e. The molecule has 0 aliphatic rings. The molecule has 0 fully saturated rings. The Balaban J connectivity index is 2.82. The number of hydrogen-bond donors (Lipinski definition) is 3. The van der Waals surface area contributed by atoms with E-state index in [0.29, 0.717) is 18.0 Å². The first-order valence-electron chi connectivity index (χ1n) is 7.14. The van der Waals surface area contributed by atoms with Crippen molar-refractivity contribution in [3.63, 3.8) is 0 Å². The second kappa shape index (κ2) is 10.0. The van der Waals surface area contributed by atoms with Crippen LogP contribution in [-0.2, 0) is 4.79 Å². The van der Waals surface area contributed by atoms with E-state index in [2.05, 4.69) is 10.6 Å². The summed E-state index contributed by atoms with van der Waals surface area (Å²) in [5.41, 5.74) is 5.79. The van der Waals surface area contributed by atoms with E-state index in [9.17, 15) is 9.59 Å². The second-order valence-corrected chi connectivity index (χ2v) is 6.91. The van der Waals surface area contributed by atoms with E-state index in [-0.39, 0.29) is 22.5 Å². The Hall–Kier alpha value is -0.950. The summed E-state index contributed by atoms with van der Waals surface area (Å²) in [7, 11) is 0. The molecule has 0 spiro atoms. The van der Waals surface area contributed by atoms with Crippen molar-refractivity contribution in [3.8, 4) is 0 Å². The maximum absolute atomic E-state index is 12.4. The highest BCUT2D eigenvalue weighted by atomic mass is 35.5. The fourth-order valence-corrected chi connectivity index (χ4v) is 2.78. The largest absolute Gasteiger partial charge is 0.351 e. The van der Waals surface area contributed by atoms with E-state index in [4.69, 9.17) is 28.9 Å². The average molecular weight is 378 g/mol. The summed E-state index contributed by atoms with van der Waals surface area (Å²) in [6.07, 6.45) is 2.45. The third-order valence-corrected chi connectivity index (χ3v) is 4.34. The van der Waals surface area contributed by atoms with Gasteiger partial charge in [0.15, 0.2) is 0 Å². The number of nitrogens with one attached hydrogen (secondary N) is 2.